The number of aryl methyl sites for hydroxylation is 1. The van der Waals surface area contributed by atoms with Gasteiger partial charge in [-0.3, -0.25) is 9.69 Å². The van der Waals surface area contributed by atoms with Gasteiger partial charge < -0.3 is 19.7 Å². The van der Waals surface area contributed by atoms with Gasteiger partial charge in [0.25, 0.3) is 0 Å². The summed E-state index contributed by atoms with van der Waals surface area (Å²) in [6, 6.07) is 4.31. The van der Waals surface area contributed by atoms with E-state index < -0.39 is 24.3 Å². The monoisotopic (exact) mass is 598 g/mol. The van der Waals surface area contributed by atoms with E-state index in [-0.39, 0.29) is 11.3 Å². The molecule has 3 fully saturated rings. The number of aliphatic carboxylic acids is 2. The first-order chi connectivity index (χ1) is 18.5. The normalized spacial score (nSPS) is 23.0. The SMILES string of the molecule is Cn1cnc(C2CN(Cc3cccs3)CC23CCN(CC2CC2)C3=O)c1.O=C(O)C(F)(F)F.O=C(O)C(F)(F)F. The summed E-state index contributed by atoms with van der Waals surface area (Å²) in [6.45, 7) is 4.63. The van der Waals surface area contributed by atoms with E-state index in [1.807, 2.05) is 17.9 Å². The molecule has 0 radical (unpaired) electrons. The van der Waals surface area contributed by atoms with Crippen LogP contribution >= 0.6 is 11.3 Å². The van der Waals surface area contributed by atoms with Crippen molar-refractivity contribution in [3.8, 4) is 0 Å². The van der Waals surface area contributed by atoms with Crippen molar-refractivity contribution in [1.82, 2.24) is 19.4 Å². The maximum absolute atomic E-state index is 13.5. The van der Waals surface area contributed by atoms with Gasteiger partial charge in [0.2, 0.25) is 5.91 Å². The first kappa shape index (κ1) is 31.4. The van der Waals surface area contributed by atoms with Crippen LogP contribution in [-0.4, -0.2) is 85.9 Å². The Morgan fingerprint density at radius 3 is 2.17 bits per heavy atom. The number of carboxylic acid groups (broad SMARTS) is 2. The number of alkyl halides is 6. The zero-order valence-corrected chi connectivity index (χ0v) is 22.1. The van der Waals surface area contributed by atoms with E-state index in [2.05, 4.69) is 38.5 Å². The molecular formula is C24H28F6N4O5S. The number of likely N-dealkylation sites (tertiary alicyclic amines) is 2. The highest BCUT2D eigenvalue weighted by atomic mass is 32.1. The number of imidazole rings is 1. The molecule has 0 bridgehead atoms. The second-order valence-electron chi connectivity index (χ2n) is 9.97. The molecule has 2 N–H and O–H groups in total. The van der Waals surface area contributed by atoms with Crippen LogP contribution in [0, 0.1) is 11.3 Å². The van der Waals surface area contributed by atoms with E-state index in [0.717, 1.165) is 50.8 Å². The summed E-state index contributed by atoms with van der Waals surface area (Å²) in [7, 11) is 2.01. The van der Waals surface area contributed by atoms with Crippen molar-refractivity contribution in [2.24, 2.45) is 18.4 Å². The Morgan fingerprint density at radius 2 is 1.73 bits per heavy atom. The summed E-state index contributed by atoms with van der Waals surface area (Å²) >= 11 is 1.80. The maximum Gasteiger partial charge on any atom is 0.490 e. The third-order valence-corrected chi connectivity index (χ3v) is 7.72. The molecule has 0 aromatic carbocycles. The number of hydrogen-bond donors (Lipinski definition) is 2. The fourth-order valence-corrected chi connectivity index (χ4v) is 5.60. The molecule has 16 heteroatoms. The van der Waals surface area contributed by atoms with Gasteiger partial charge in [-0.05, 0) is 36.6 Å². The van der Waals surface area contributed by atoms with Crippen molar-refractivity contribution in [2.45, 2.75) is 44.1 Å². The summed E-state index contributed by atoms with van der Waals surface area (Å²) in [6.07, 6.45) is -2.62. The number of aromatic nitrogens is 2. The number of thiophene rings is 1. The van der Waals surface area contributed by atoms with Gasteiger partial charge in [-0.2, -0.15) is 26.3 Å². The topological polar surface area (TPSA) is 116 Å². The molecule has 2 aliphatic heterocycles. The molecule has 2 aromatic heterocycles. The minimum Gasteiger partial charge on any atom is -0.475 e. The Bertz CT molecular complexity index is 1160. The van der Waals surface area contributed by atoms with Crippen LogP contribution in [0.15, 0.2) is 30.0 Å². The van der Waals surface area contributed by atoms with Gasteiger partial charge >= 0.3 is 24.3 Å². The van der Waals surface area contributed by atoms with Crippen molar-refractivity contribution in [3.05, 3.63) is 40.6 Å². The summed E-state index contributed by atoms with van der Waals surface area (Å²) < 4.78 is 65.5. The summed E-state index contributed by atoms with van der Waals surface area (Å²) in [5.41, 5.74) is 0.809. The Balaban J connectivity index is 0.000000263. The van der Waals surface area contributed by atoms with E-state index >= 15 is 0 Å². The number of carboxylic acids is 2. The van der Waals surface area contributed by atoms with Crippen LogP contribution < -0.4 is 0 Å². The molecule has 2 aromatic rings. The summed E-state index contributed by atoms with van der Waals surface area (Å²) in [5.74, 6) is -4.17. The van der Waals surface area contributed by atoms with Gasteiger partial charge in [0.05, 0.1) is 17.4 Å². The average molecular weight is 599 g/mol. The van der Waals surface area contributed by atoms with Crippen LogP contribution in [0.3, 0.4) is 0 Å². The lowest BCUT2D eigenvalue weighted by Gasteiger charge is -2.28. The van der Waals surface area contributed by atoms with Gasteiger partial charge in [-0.15, -0.1) is 11.3 Å². The highest BCUT2D eigenvalue weighted by Crippen LogP contribution is 2.50. The van der Waals surface area contributed by atoms with Crippen LogP contribution in [-0.2, 0) is 28.0 Å². The average Bonchev–Trinajstić information content (AvgIpc) is 3.18. The van der Waals surface area contributed by atoms with Crippen LogP contribution in [0.25, 0.3) is 0 Å². The number of hydrogen-bond acceptors (Lipinski definition) is 6. The van der Waals surface area contributed by atoms with E-state index in [0.29, 0.717) is 5.91 Å². The van der Waals surface area contributed by atoms with Crippen molar-refractivity contribution in [3.63, 3.8) is 0 Å². The standard InChI is InChI=1S/C20H26N4OS.2C2HF3O2/c1-22-12-18(21-14-22)17-11-23(10-16-3-2-8-26-16)13-20(17)6-7-24(19(20)25)9-15-4-5-15;2*3-2(4,5)1(6)7/h2-3,8,12,14-15,17H,4-7,9-11,13H2,1H3;2*(H,6,7). The number of halogens is 6. The highest BCUT2D eigenvalue weighted by molar-refractivity contribution is 7.09. The fourth-order valence-electron chi connectivity index (χ4n) is 4.85. The number of nitrogens with zero attached hydrogens (tertiary/aromatic N) is 4. The molecule has 3 aliphatic rings. The van der Waals surface area contributed by atoms with Crippen LogP contribution in [0.2, 0.25) is 0 Å². The van der Waals surface area contributed by atoms with Gasteiger partial charge in [-0.1, -0.05) is 6.07 Å². The Kier molecular flexibility index (Phi) is 9.54. The molecule has 2 saturated heterocycles. The zero-order chi connectivity index (χ0) is 29.9. The molecule has 40 heavy (non-hydrogen) atoms. The number of amides is 1. The first-order valence-corrected chi connectivity index (χ1v) is 13.0. The van der Waals surface area contributed by atoms with E-state index in [9.17, 15) is 31.1 Å². The van der Waals surface area contributed by atoms with Gasteiger partial charge in [0.1, 0.15) is 0 Å². The second kappa shape index (κ2) is 12.2. The van der Waals surface area contributed by atoms with Crippen molar-refractivity contribution in [2.75, 3.05) is 26.2 Å². The molecule has 2 unspecified atom stereocenters. The molecule has 1 saturated carbocycles. The predicted octanol–water partition coefficient (Wildman–Crippen LogP) is 3.98. The number of carbonyl (C=O) groups is 3. The Morgan fingerprint density at radius 1 is 1.12 bits per heavy atom. The minimum absolute atomic E-state index is 0.209. The largest absolute Gasteiger partial charge is 0.490 e. The lowest BCUT2D eigenvalue weighted by molar-refractivity contribution is -0.193. The number of carbonyl (C=O) groups excluding carboxylic acids is 1. The van der Waals surface area contributed by atoms with E-state index in [1.54, 1.807) is 11.3 Å². The molecule has 9 nitrogen and oxygen atoms in total. The lowest BCUT2D eigenvalue weighted by atomic mass is 9.75. The smallest absolute Gasteiger partial charge is 0.475 e. The zero-order valence-electron chi connectivity index (χ0n) is 21.3. The lowest BCUT2D eigenvalue weighted by Crippen LogP contribution is -2.40. The van der Waals surface area contributed by atoms with Crippen molar-refractivity contribution < 1.29 is 50.9 Å². The predicted molar refractivity (Wildman–Crippen MR) is 129 cm³/mol. The van der Waals surface area contributed by atoms with Crippen LogP contribution in [0.1, 0.15) is 35.8 Å². The molecule has 2 atom stereocenters. The molecule has 1 aliphatic carbocycles. The molecule has 4 heterocycles. The Labute approximate surface area is 229 Å². The molecule has 1 spiro atoms. The Hall–Kier alpha value is -3.14. The molecule has 5 rings (SSSR count). The van der Waals surface area contributed by atoms with Crippen LogP contribution in [0.4, 0.5) is 26.3 Å². The fraction of sp³-hybridized carbons (Fsp3) is 0.583. The second-order valence-corrected chi connectivity index (χ2v) is 11.0. The van der Waals surface area contributed by atoms with Crippen molar-refractivity contribution in [1.29, 1.82) is 0 Å². The summed E-state index contributed by atoms with van der Waals surface area (Å²) in [5, 5.41) is 16.4. The summed E-state index contributed by atoms with van der Waals surface area (Å²) in [4.78, 5) is 41.9. The van der Waals surface area contributed by atoms with Gasteiger partial charge in [0, 0.05) is 56.8 Å². The minimum atomic E-state index is -5.08. The number of rotatable bonds is 5. The highest BCUT2D eigenvalue weighted by Gasteiger charge is 2.58. The molecule has 222 valence electrons. The third kappa shape index (κ3) is 7.96. The van der Waals surface area contributed by atoms with Gasteiger partial charge in [-0.25, -0.2) is 14.6 Å². The maximum atomic E-state index is 13.5. The van der Waals surface area contributed by atoms with E-state index in [1.165, 1.54) is 17.7 Å². The molecular weight excluding hydrogens is 570 g/mol. The first-order valence-electron chi connectivity index (χ1n) is 12.1. The van der Waals surface area contributed by atoms with Gasteiger partial charge in [0.15, 0.2) is 0 Å². The van der Waals surface area contributed by atoms with Crippen molar-refractivity contribution >= 4 is 29.2 Å². The van der Waals surface area contributed by atoms with E-state index in [4.69, 9.17) is 19.8 Å². The molecule has 1 amide bonds. The quantitative estimate of drug-likeness (QED) is 0.501. The third-order valence-electron chi connectivity index (χ3n) is 6.86. The van der Waals surface area contributed by atoms with Crippen LogP contribution in [0.5, 0.6) is 0 Å².